The molecule has 0 amide bonds. The van der Waals surface area contributed by atoms with Gasteiger partial charge in [0.05, 0.1) is 0 Å². The molecule has 17 heavy (non-hydrogen) atoms. The maximum absolute atomic E-state index is 3.86. The zero-order valence-electron chi connectivity index (χ0n) is 10.6. The van der Waals surface area contributed by atoms with E-state index in [0.717, 1.165) is 24.6 Å². The van der Waals surface area contributed by atoms with E-state index >= 15 is 0 Å². The summed E-state index contributed by atoms with van der Waals surface area (Å²) in [6, 6.07) is 0. The van der Waals surface area contributed by atoms with Gasteiger partial charge in [0.15, 0.2) is 0 Å². The number of allylic oxidation sites excluding steroid dienone is 4. The van der Waals surface area contributed by atoms with E-state index in [1.165, 1.54) is 5.06 Å². The van der Waals surface area contributed by atoms with Gasteiger partial charge in [-0.2, -0.15) is 0 Å². The molecule has 0 aliphatic heterocycles. The first kappa shape index (κ1) is 16.3. The van der Waals surface area contributed by atoms with E-state index in [1.54, 1.807) is 0 Å². The van der Waals surface area contributed by atoms with Gasteiger partial charge in [-0.05, 0) is 24.6 Å². The van der Waals surface area contributed by atoms with Gasteiger partial charge < -0.3 is 0 Å². The molecule has 0 heterocycles. The van der Waals surface area contributed by atoms with Gasteiger partial charge in [0.25, 0.3) is 0 Å². The van der Waals surface area contributed by atoms with Crippen LogP contribution in [0.4, 0.5) is 0 Å². The molecule has 0 nitrogen and oxygen atoms in total. The van der Waals surface area contributed by atoms with Crippen LogP contribution in [0.1, 0.15) is 0 Å². The predicted octanol–water partition coefficient (Wildman–Crippen LogP) is 5.32. The number of hydrogen-bond donors (Lipinski definition) is 0. The summed E-state index contributed by atoms with van der Waals surface area (Å²) in [5, 5.41) is 1.38. The SMILES string of the molecule is C=C=C(P(CC=C)CC=C)P(CC=C)CC=C. The van der Waals surface area contributed by atoms with E-state index in [4.69, 9.17) is 0 Å². The molecule has 92 valence electrons. The Bertz CT molecular complexity index is 276. The minimum Gasteiger partial charge on any atom is -0.120 e. The molecular formula is C15H22P2. The first-order valence-electron chi connectivity index (χ1n) is 5.58. The molecule has 0 N–H and O–H groups in total. The van der Waals surface area contributed by atoms with Gasteiger partial charge in [-0.15, -0.1) is 32.0 Å². The van der Waals surface area contributed by atoms with Crippen molar-refractivity contribution in [2.24, 2.45) is 0 Å². The van der Waals surface area contributed by atoms with Crippen LogP contribution in [0.3, 0.4) is 0 Å². The molecule has 2 heteroatoms. The molecule has 0 aromatic carbocycles. The Labute approximate surface area is 109 Å². The fraction of sp³-hybridized carbons (Fsp3) is 0.267. The maximum atomic E-state index is 3.86. The molecule has 0 fully saturated rings. The molecule has 0 aliphatic carbocycles. The largest absolute Gasteiger partial charge is 0.120 e. The lowest BCUT2D eigenvalue weighted by atomic mass is 10.7. The third-order valence-corrected chi connectivity index (χ3v) is 8.16. The Kier molecular flexibility index (Phi) is 10.1. The minimum atomic E-state index is -0.247. The van der Waals surface area contributed by atoms with Crippen molar-refractivity contribution in [3.8, 4) is 0 Å². The molecule has 0 spiro atoms. The highest BCUT2D eigenvalue weighted by molar-refractivity contribution is 7.82. The van der Waals surface area contributed by atoms with Crippen molar-refractivity contribution < 1.29 is 0 Å². The van der Waals surface area contributed by atoms with Crippen LogP contribution < -0.4 is 0 Å². The molecule has 0 rings (SSSR count). The van der Waals surface area contributed by atoms with Gasteiger partial charge in [0, 0.05) is 5.06 Å². The van der Waals surface area contributed by atoms with Crippen molar-refractivity contribution >= 4 is 15.8 Å². The summed E-state index contributed by atoms with van der Waals surface area (Å²) in [5.74, 6) is 0. The zero-order chi connectivity index (χ0) is 13.1. The second-order valence-electron chi connectivity index (χ2n) is 3.47. The fourth-order valence-electron chi connectivity index (χ4n) is 1.54. The molecular weight excluding hydrogens is 242 g/mol. The van der Waals surface area contributed by atoms with Crippen molar-refractivity contribution in [3.05, 3.63) is 68.0 Å². The average Bonchev–Trinajstić information content (AvgIpc) is 2.31. The van der Waals surface area contributed by atoms with Gasteiger partial charge in [-0.25, -0.2) is 0 Å². The van der Waals surface area contributed by atoms with Crippen molar-refractivity contribution in [3.63, 3.8) is 0 Å². The van der Waals surface area contributed by atoms with E-state index in [2.05, 4.69) is 38.6 Å². The third kappa shape index (κ3) is 5.99. The van der Waals surface area contributed by atoms with Crippen molar-refractivity contribution in [2.45, 2.75) is 0 Å². The van der Waals surface area contributed by atoms with E-state index in [-0.39, 0.29) is 15.8 Å². The van der Waals surface area contributed by atoms with Crippen molar-refractivity contribution in [2.75, 3.05) is 24.6 Å². The topological polar surface area (TPSA) is 0 Å². The van der Waals surface area contributed by atoms with E-state index in [0.29, 0.717) is 0 Å². The summed E-state index contributed by atoms with van der Waals surface area (Å²) in [5.41, 5.74) is 3.17. The summed E-state index contributed by atoms with van der Waals surface area (Å²) < 4.78 is 0. The lowest BCUT2D eigenvalue weighted by molar-refractivity contribution is 1.64. The van der Waals surface area contributed by atoms with Gasteiger partial charge in [-0.1, -0.05) is 46.7 Å². The molecule has 0 aliphatic rings. The Morgan fingerprint density at radius 3 is 1.24 bits per heavy atom. The molecule has 0 unspecified atom stereocenters. The van der Waals surface area contributed by atoms with Crippen molar-refractivity contribution in [1.82, 2.24) is 0 Å². The van der Waals surface area contributed by atoms with E-state index in [1.807, 2.05) is 24.3 Å². The highest BCUT2D eigenvalue weighted by Gasteiger charge is 2.18. The Morgan fingerprint density at radius 2 is 1.06 bits per heavy atom. The van der Waals surface area contributed by atoms with Crippen LogP contribution in [0, 0.1) is 0 Å². The molecule has 0 saturated heterocycles. The standard InChI is InChI=1S/C15H22P2/c1-6-11-16(12-7-2)15(10-5)17(13-8-3)14-9-4/h6-9H,1-5,11-14H2. The second-order valence-corrected chi connectivity index (χ2v) is 8.33. The highest BCUT2D eigenvalue weighted by Crippen LogP contribution is 2.61. The molecule has 0 atom stereocenters. The van der Waals surface area contributed by atoms with Crippen LogP contribution in [-0.4, -0.2) is 24.6 Å². The first-order chi connectivity index (χ1) is 8.24. The molecule has 0 bridgehead atoms. The van der Waals surface area contributed by atoms with Crippen LogP contribution in [0.5, 0.6) is 0 Å². The summed E-state index contributed by atoms with van der Waals surface area (Å²) in [7, 11) is -0.493. The zero-order valence-corrected chi connectivity index (χ0v) is 12.4. The summed E-state index contributed by atoms with van der Waals surface area (Å²) >= 11 is 0. The van der Waals surface area contributed by atoms with Crippen LogP contribution >= 0.6 is 15.8 Å². The van der Waals surface area contributed by atoms with Crippen LogP contribution in [0.25, 0.3) is 0 Å². The van der Waals surface area contributed by atoms with Gasteiger partial charge in [0.2, 0.25) is 0 Å². The van der Waals surface area contributed by atoms with Gasteiger partial charge >= 0.3 is 0 Å². The minimum absolute atomic E-state index is 0.247. The Morgan fingerprint density at radius 1 is 0.765 bits per heavy atom. The van der Waals surface area contributed by atoms with E-state index < -0.39 is 0 Å². The first-order valence-corrected chi connectivity index (χ1v) is 9.01. The second kappa shape index (κ2) is 10.5. The summed E-state index contributed by atoms with van der Waals surface area (Å²) in [6.45, 7) is 19.2. The predicted molar refractivity (Wildman–Crippen MR) is 86.7 cm³/mol. The summed E-state index contributed by atoms with van der Waals surface area (Å²) in [4.78, 5) is 0. The fourth-order valence-corrected chi connectivity index (χ4v) is 6.81. The average molecular weight is 264 g/mol. The van der Waals surface area contributed by atoms with Gasteiger partial charge in [0.1, 0.15) is 0 Å². The Balaban J connectivity index is 5.00. The van der Waals surface area contributed by atoms with Crippen LogP contribution in [-0.2, 0) is 0 Å². The highest BCUT2D eigenvalue weighted by atomic mass is 31.2. The molecule has 0 aromatic rings. The van der Waals surface area contributed by atoms with Crippen LogP contribution in [0.15, 0.2) is 68.0 Å². The number of hydrogen-bond acceptors (Lipinski definition) is 0. The monoisotopic (exact) mass is 264 g/mol. The molecule has 0 aromatic heterocycles. The molecule has 0 saturated carbocycles. The van der Waals surface area contributed by atoms with E-state index in [9.17, 15) is 0 Å². The third-order valence-electron chi connectivity index (χ3n) is 2.16. The quantitative estimate of drug-likeness (QED) is 0.284. The summed E-state index contributed by atoms with van der Waals surface area (Å²) in [6.07, 6.45) is 12.0. The number of rotatable bonds is 10. The van der Waals surface area contributed by atoms with Crippen molar-refractivity contribution in [1.29, 1.82) is 0 Å². The maximum Gasteiger partial charge on any atom is 0.0189 e. The smallest absolute Gasteiger partial charge is 0.0189 e. The lowest BCUT2D eigenvalue weighted by Gasteiger charge is -2.24. The lowest BCUT2D eigenvalue weighted by Crippen LogP contribution is -1.93. The van der Waals surface area contributed by atoms with Gasteiger partial charge in [-0.3, -0.25) is 0 Å². The Hall–Kier alpha value is -0.660. The normalized spacial score (nSPS) is 9.76. The van der Waals surface area contributed by atoms with Crippen LogP contribution in [0.2, 0.25) is 0 Å². The molecule has 0 radical (unpaired) electrons.